The molecular formula is C67H60Cl2N8O8. The summed E-state index contributed by atoms with van der Waals surface area (Å²) in [6, 6.07) is 36.7. The summed E-state index contributed by atoms with van der Waals surface area (Å²) in [7, 11) is 0. The van der Waals surface area contributed by atoms with Gasteiger partial charge in [-0.1, -0.05) is 96.0 Å². The largest absolute Gasteiger partial charge is 0.488 e. The summed E-state index contributed by atoms with van der Waals surface area (Å²) >= 11 is 14.0. The van der Waals surface area contributed by atoms with Crippen LogP contribution in [0.25, 0.3) is 32.9 Å². The van der Waals surface area contributed by atoms with E-state index in [0.717, 1.165) is 88.7 Å². The van der Waals surface area contributed by atoms with Gasteiger partial charge in [-0.25, -0.2) is 0 Å². The maximum Gasteiger partial charge on any atom is 0.321 e. The van der Waals surface area contributed by atoms with E-state index < -0.39 is 24.0 Å². The number of benzene rings is 6. The highest BCUT2D eigenvalue weighted by Gasteiger charge is 2.24. The molecule has 10 aromatic rings. The predicted octanol–water partition coefficient (Wildman–Crippen LogP) is 12.7. The number of ether oxygens (including phenoxy) is 4. The summed E-state index contributed by atoms with van der Waals surface area (Å²) < 4.78 is 25.9. The predicted molar refractivity (Wildman–Crippen MR) is 330 cm³/mol. The van der Waals surface area contributed by atoms with Gasteiger partial charge in [0.2, 0.25) is 0 Å². The summed E-state index contributed by atoms with van der Waals surface area (Å²) in [6.45, 7) is 5.72. The number of carbonyl (C=O) groups is 2. The van der Waals surface area contributed by atoms with E-state index in [0.29, 0.717) is 56.3 Å². The Morgan fingerprint density at radius 2 is 1.05 bits per heavy atom. The molecule has 0 spiro atoms. The zero-order valence-corrected chi connectivity index (χ0v) is 48.1. The fraction of sp³-hybridized carbons (Fsp3) is 0.194. The van der Waals surface area contributed by atoms with Crippen molar-refractivity contribution in [2.45, 2.75) is 78.3 Å². The second-order valence-electron chi connectivity index (χ2n) is 20.9. The molecule has 6 aromatic carbocycles. The molecule has 0 fully saturated rings. The van der Waals surface area contributed by atoms with Gasteiger partial charge < -0.3 is 44.5 Å². The number of carboxylic acids is 2. The van der Waals surface area contributed by atoms with Crippen molar-refractivity contribution in [3.05, 3.63) is 235 Å². The minimum Gasteiger partial charge on any atom is -0.488 e. The number of carboxylic acid groups (broad SMARTS) is 2. The minimum atomic E-state index is -0.997. The average molecular weight is 1180 g/mol. The van der Waals surface area contributed by atoms with Crippen molar-refractivity contribution >= 4 is 68.9 Å². The molecule has 5 heterocycles. The highest BCUT2D eigenvalue weighted by atomic mass is 35.5. The first-order valence-corrected chi connectivity index (χ1v) is 28.4. The number of nitrogens with zero attached hydrogens (tertiary/aromatic N) is 3. The van der Waals surface area contributed by atoms with Crippen LogP contribution < -0.4 is 29.6 Å². The van der Waals surface area contributed by atoms with Crippen LogP contribution in [0.15, 0.2) is 164 Å². The van der Waals surface area contributed by atoms with Gasteiger partial charge in [-0.3, -0.25) is 35.2 Å². The van der Waals surface area contributed by atoms with Crippen LogP contribution in [0.4, 0.5) is 0 Å². The van der Waals surface area contributed by atoms with Crippen LogP contribution in [0.5, 0.6) is 23.0 Å². The summed E-state index contributed by atoms with van der Waals surface area (Å²) in [5, 5.41) is 37.5. The van der Waals surface area contributed by atoms with E-state index >= 15 is 0 Å². The molecule has 0 bridgehead atoms. The van der Waals surface area contributed by atoms with Crippen LogP contribution in [0.2, 0.25) is 10.0 Å². The Morgan fingerprint density at radius 3 is 1.53 bits per heavy atom. The molecule has 2 atom stereocenters. The highest BCUT2D eigenvalue weighted by molar-refractivity contribution is 6.32. The van der Waals surface area contributed by atoms with Crippen LogP contribution in [-0.4, -0.2) is 72.6 Å². The summed E-state index contributed by atoms with van der Waals surface area (Å²) in [5.41, 5.74) is 14.9. The Labute approximate surface area is 500 Å². The van der Waals surface area contributed by atoms with Crippen molar-refractivity contribution in [1.82, 2.24) is 30.6 Å². The maximum absolute atomic E-state index is 12.7. The molecule has 0 aliphatic carbocycles. The van der Waals surface area contributed by atoms with Crippen LogP contribution in [0, 0.1) is 19.3 Å². The number of nitrogens with one attached hydrogen (secondary N) is 5. The number of hydrogen-bond acceptors (Lipinski definition) is 12. The number of fused-ring (bicyclic) bond motifs is 2. The number of pyridine rings is 2. The molecule has 16 nitrogen and oxygen atoms in total. The molecular weight excluding hydrogens is 1120 g/mol. The van der Waals surface area contributed by atoms with Gasteiger partial charge in [0.25, 0.3) is 0 Å². The molecule has 0 amide bonds. The number of aromatic nitrogens is 4. The van der Waals surface area contributed by atoms with Crippen molar-refractivity contribution in [2.24, 2.45) is 4.99 Å². The number of halogens is 2. The molecule has 4 aromatic heterocycles. The third-order valence-corrected chi connectivity index (χ3v) is 15.9. The molecule has 85 heavy (non-hydrogen) atoms. The topological polar surface area (TPSA) is 229 Å². The van der Waals surface area contributed by atoms with Crippen LogP contribution in [0.3, 0.4) is 0 Å². The van der Waals surface area contributed by atoms with E-state index in [2.05, 4.69) is 61.5 Å². The fourth-order valence-corrected chi connectivity index (χ4v) is 10.9. The zero-order valence-electron chi connectivity index (χ0n) is 46.5. The summed E-state index contributed by atoms with van der Waals surface area (Å²) in [6.07, 6.45) is 12.2. The van der Waals surface area contributed by atoms with E-state index in [9.17, 15) is 19.8 Å². The molecule has 430 valence electrons. The normalized spacial score (nSPS) is 12.6. The van der Waals surface area contributed by atoms with Crippen molar-refractivity contribution in [3.63, 3.8) is 0 Å². The Morgan fingerprint density at radius 1 is 0.576 bits per heavy atom. The van der Waals surface area contributed by atoms with E-state index in [1.807, 2.05) is 97.3 Å². The van der Waals surface area contributed by atoms with Gasteiger partial charge in [0.15, 0.2) is 0 Å². The Kier molecular flexibility index (Phi) is 17.6. The van der Waals surface area contributed by atoms with Gasteiger partial charge in [0, 0.05) is 137 Å². The van der Waals surface area contributed by atoms with Gasteiger partial charge in [0.1, 0.15) is 61.5 Å². The summed E-state index contributed by atoms with van der Waals surface area (Å²) in [4.78, 5) is 44.8. The third-order valence-electron chi connectivity index (χ3n) is 15.3. The first-order valence-electron chi connectivity index (χ1n) is 27.6. The van der Waals surface area contributed by atoms with Crippen LogP contribution >= 0.6 is 23.2 Å². The smallest absolute Gasteiger partial charge is 0.321 e. The lowest BCUT2D eigenvalue weighted by molar-refractivity contribution is -0.140. The zero-order chi connectivity index (χ0) is 59.0. The van der Waals surface area contributed by atoms with Gasteiger partial charge >= 0.3 is 11.9 Å². The Balaban J connectivity index is 0.799. The molecule has 18 heteroatoms. The van der Waals surface area contributed by atoms with Gasteiger partial charge in [-0.05, 0) is 94.8 Å². The van der Waals surface area contributed by atoms with Crippen molar-refractivity contribution in [2.75, 3.05) is 6.54 Å². The van der Waals surface area contributed by atoms with Crippen molar-refractivity contribution in [1.29, 1.82) is 5.41 Å². The average Bonchev–Trinajstić information content (AvgIpc) is 4.23. The van der Waals surface area contributed by atoms with E-state index in [1.165, 1.54) is 6.21 Å². The molecule has 0 radical (unpaired) electrons. The Bertz CT molecular complexity index is 4160. The Hall–Kier alpha value is -9.32. The highest BCUT2D eigenvalue weighted by Crippen LogP contribution is 2.38. The number of hydrogen-bond donors (Lipinski definition) is 7. The first kappa shape index (κ1) is 57.5. The second kappa shape index (κ2) is 26.1. The number of rotatable bonds is 27. The molecule has 0 saturated carbocycles. The molecule has 1 aliphatic heterocycles. The van der Waals surface area contributed by atoms with Gasteiger partial charge in [0.05, 0.1) is 22.3 Å². The van der Waals surface area contributed by atoms with E-state index in [1.54, 1.807) is 49.1 Å². The number of aliphatic imine (C=N–C) groups is 1. The lowest BCUT2D eigenvalue weighted by atomic mass is 9.92. The second-order valence-corrected chi connectivity index (χ2v) is 21.7. The molecule has 0 saturated heterocycles. The quantitative estimate of drug-likeness (QED) is 0.0239. The summed E-state index contributed by atoms with van der Waals surface area (Å²) in [5.74, 6) is -0.307. The fourth-order valence-electron chi connectivity index (χ4n) is 10.4. The monoisotopic (exact) mass is 1170 g/mol. The molecule has 0 unspecified atom stereocenters. The molecule has 1 aliphatic rings. The van der Waals surface area contributed by atoms with Crippen LogP contribution in [-0.2, 0) is 61.9 Å². The third kappa shape index (κ3) is 13.7. The molecule has 11 rings (SSSR count). The van der Waals surface area contributed by atoms with E-state index in [-0.39, 0.29) is 52.4 Å². The minimum absolute atomic E-state index is 0.118. The lowest BCUT2D eigenvalue weighted by Crippen LogP contribution is -2.38. The maximum atomic E-state index is 12.7. The van der Waals surface area contributed by atoms with Crippen molar-refractivity contribution < 1.29 is 38.7 Å². The first-order chi connectivity index (χ1) is 41.3. The lowest BCUT2D eigenvalue weighted by Gasteiger charge is -2.20. The number of aromatic amines is 2. The standard InChI is InChI=1S/C67H60Cl2N8O8/c1-39-44(37-84-64-23-62(82-35-42-17-41(25-70)26-71-27-42)49(19-55(64)68)32-75-59(66(78)79)21-46-30-73-57-15-5-3-11-53(46)57)9-7-13-51(39)52-14-8-10-45(40(52)2)38-85-65-24-63(83-36-43-18-48(29-72-28-43)61-34-77-61)50(20-56(65)69)33-76-60(67(80)81)22-47-31-74-58-16-6-4-12-54(47)58/h3-20,23-31,59-60,70,73-76H,21-22,32-38H2,1-2H3,(H,78,79)(H,80,81)/t59-,60-/m0/s1. The number of para-hydroxylation sites is 2. The molecule has 7 N–H and O–H groups in total. The van der Waals surface area contributed by atoms with E-state index in [4.69, 9.17) is 47.6 Å². The van der Waals surface area contributed by atoms with Crippen LogP contribution in [0.1, 0.15) is 66.8 Å². The number of aliphatic carboxylic acids is 2. The van der Waals surface area contributed by atoms with Crippen molar-refractivity contribution in [3.8, 4) is 34.1 Å². The number of H-pyrrole nitrogens is 2. The SMILES string of the molecule is Cc1c(COc2cc(OCc3cncc(C=N)c3)c(CN[C@@H](Cc3c[nH]c4ccccc34)C(=O)O)cc2Cl)cccc1-c1cccc(COc2cc(OCc3cncc(C4=NC4)c3)c(CN[C@@H](Cc3c[nH]c4ccccc34)C(=O)O)cc2Cl)c1C. The van der Waals surface area contributed by atoms with Gasteiger partial charge in [-0.2, -0.15) is 0 Å². The van der Waals surface area contributed by atoms with Gasteiger partial charge in [-0.15, -0.1) is 0 Å².